The van der Waals surface area contributed by atoms with Crippen LogP contribution in [0.15, 0.2) is 10.6 Å². The molecule has 0 N–H and O–H groups in total. The number of carbonyl (C=O) groups is 1. The first-order chi connectivity index (χ1) is 7.74. The lowest BCUT2D eigenvalue weighted by Crippen LogP contribution is -2.24. The van der Waals surface area contributed by atoms with E-state index in [9.17, 15) is 4.79 Å². The predicted octanol–water partition coefficient (Wildman–Crippen LogP) is 2.37. The minimum Gasteiger partial charge on any atom is -0.338 e. The van der Waals surface area contributed by atoms with Crippen LogP contribution >= 0.6 is 15.9 Å². The zero-order valence-electron chi connectivity index (χ0n) is 9.28. The minimum absolute atomic E-state index is 0.128. The fraction of sp³-hybridized carbons (Fsp3) is 0.636. The molecule has 0 spiro atoms. The van der Waals surface area contributed by atoms with Crippen molar-refractivity contribution in [3.05, 3.63) is 11.8 Å². The third kappa shape index (κ3) is 2.29. The van der Waals surface area contributed by atoms with Crippen molar-refractivity contribution in [2.75, 3.05) is 16.8 Å². The quantitative estimate of drug-likeness (QED) is 0.799. The van der Waals surface area contributed by atoms with E-state index in [1.165, 1.54) is 0 Å². The van der Waals surface area contributed by atoms with Crippen LogP contribution in [0.3, 0.4) is 0 Å². The van der Waals surface area contributed by atoms with E-state index in [4.69, 9.17) is 4.52 Å². The van der Waals surface area contributed by atoms with Gasteiger partial charge in [0.25, 0.3) is 0 Å². The van der Waals surface area contributed by atoms with E-state index in [-0.39, 0.29) is 5.91 Å². The second-order valence-corrected chi connectivity index (χ2v) is 4.78. The summed E-state index contributed by atoms with van der Waals surface area (Å²) in [6.45, 7) is 2.82. The van der Waals surface area contributed by atoms with E-state index in [1.54, 1.807) is 4.90 Å². The smallest absolute Gasteiger partial charge is 0.234 e. The number of alkyl halides is 1. The van der Waals surface area contributed by atoms with Crippen LogP contribution in [0.1, 0.15) is 25.5 Å². The first-order valence-electron chi connectivity index (χ1n) is 5.56. The Labute approximate surface area is 103 Å². The molecule has 5 heteroatoms. The van der Waals surface area contributed by atoms with Gasteiger partial charge in [0, 0.05) is 24.4 Å². The van der Waals surface area contributed by atoms with E-state index < -0.39 is 0 Å². The van der Waals surface area contributed by atoms with Gasteiger partial charge in [-0.2, -0.15) is 0 Å². The fourth-order valence-electron chi connectivity index (χ4n) is 1.90. The summed E-state index contributed by atoms with van der Waals surface area (Å²) in [4.78, 5) is 13.4. The summed E-state index contributed by atoms with van der Waals surface area (Å²) in [5.74, 6) is 1.10. The lowest BCUT2D eigenvalue weighted by Gasteiger charge is -2.10. The SMILES string of the molecule is CCCc1cc(N2CC(CBr)CC2=O)on1. The van der Waals surface area contributed by atoms with Crippen molar-refractivity contribution < 1.29 is 9.32 Å². The number of aryl methyl sites for hydroxylation is 1. The Bertz CT molecular complexity index is 378. The van der Waals surface area contributed by atoms with Crippen molar-refractivity contribution >= 4 is 27.7 Å². The average Bonchev–Trinajstić information content (AvgIpc) is 2.85. The fourth-order valence-corrected chi connectivity index (χ4v) is 2.33. The number of carbonyl (C=O) groups excluding carboxylic acids is 1. The van der Waals surface area contributed by atoms with Gasteiger partial charge < -0.3 is 4.52 Å². The number of anilines is 1. The monoisotopic (exact) mass is 286 g/mol. The number of nitrogens with zero attached hydrogens (tertiary/aromatic N) is 2. The van der Waals surface area contributed by atoms with Crippen molar-refractivity contribution in [2.24, 2.45) is 5.92 Å². The maximum Gasteiger partial charge on any atom is 0.234 e. The summed E-state index contributed by atoms with van der Waals surface area (Å²) < 4.78 is 5.20. The molecule has 4 nitrogen and oxygen atoms in total. The third-order valence-electron chi connectivity index (χ3n) is 2.74. The predicted molar refractivity (Wildman–Crippen MR) is 64.8 cm³/mol. The molecule has 1 fully saturated rings. The topological polar surface area (TPSA) is 46.3 Å². The summed E-state index contributed by atoms with van der Waals surface area (Å²) in [6.07, 6.45) is 2.52. The van der Waals surface area contributed by atoms with Crippen molar-refractivity contribution in [3.8, 4) is 0 Å². The van der Waals surface area contributed by atoms with E-state index in [1.807, 2.05) is 6.07 Å². The zero-order valence-corrected chi connectivity index (χ0v) is 10.9. The van der Waals surface area contributed by atoms with Crippen LogP contribution in [0.5, 0.6) is 0 Å². The van der Waals surface area contributed by atoms with Crippen LogP contribution in [0.4, 0.5) is 5.88 Å². The summed E-state index contributed by atoms with van der Waals surface area (Å²) in [5.41, 5.74) is 0.924. The van der Waals surface area contributed by atoms with Crippen LogP contribution in [0, 0.1) is 5.92 Å². The van der Waals surface area contributed by atoms with Gasteiger partial charge in [-0.25, -0.2) is 0 Å². The molecular weight excluding hydrogens is 272 g/mol. The molecule has 16 heavy (non-hydrogen) atoms. The van der Waals surface area contributed by atoms with Gasteiger partial charge in [0.15, 0.2) is 0 Å². The number of hydrogen-bond donors (Lipinski definition) is 0. The maximum atomic E-state index is 11.7. The highest BCUT2D eigenvalue weighted by molar-refractivity contribution is 9.09. The highest BCUT2D eigenvalue weighted by Gasteiger charge is 2.32. The summed E-state index contributed by atoms with van der Waals surface area (Å²) in [5, 5.41) is 4.81. The van der Waals surface area contributed by atoms with Gasteiger partial charge in [0.2, 0.25) is 11.8 Å². The summed E-state index contributed by atoms with van der Waals surface area (Å²) in [6, 6.07) is 1.87. The highest BCUT2D eigenvalue weighted by atomic mass is 79.9. The molecule has 0 radical (unpaired) electrons. The molecule has 88 valence electrons. The normalized spacial score (nSPS) is 20.8. The molecule has 1 saturated heterocycles. The lowest BCUT2D eigenvalue weighted by atomic mass is 10.2. The molecule has 2 rings (SSSR count). The van der Waals surface area contributed by atoms with Gasteiger partial charge in [-0.3, -0.25) is 9.69 Å². The highest BCUT2D eigenvalue weighted by Crippen LogP contribution is 2.26. The Morgan fingerprint density at radius 1 is 1.69 bits per heavy atom. The van der Waals surface area contributed by atoms with Crippen molar-refractivity contribution in [1.29, 1.82) is 0 Å². The Hall–Kier alpha value is -0.840. The second kappa shape index (κ2) is 4.99. The van der Waals surface area contributed by atoms with Gasteiger partial charge in [0.1, 0.15) is 0 Å². The number of aromatic nitrogens is 1. The number of amides is 1. The molecule has 1 aliphatic rings. The Morgan fingerprint density at radius 3 is 3.12 bits per heavy atom. The van der Waals surface area contributed by atoms with Gasteiger partial charge >= 0.3 is 0 Å². The largest absolute Gasteiger partial charge is 0.338 e. The summed E-state index contributed by atoms with van der Waals surface area (Å²) in [7, 11) is 0. The van der Waals surface area contributed by atoms with Crippen molar-refractivity contribution in [3.63, 3.8) is 0 Å². The summed E-state index contributed by atoms with van der Waals surface area (Å²) >= 11 is 3.41. The molecule has 1 atom stereocenters. The number of rotatable bonds is 4. The van der Waals surface area contributed by atoms with Crippen LogP contribution in [-0.4, -0.2) is 22.9 Å². The van der Waals surface area contributed by atoms with Crippen molar-refractivity contribution in [2.45, 2.75) is 26.2 Å². The molecule has 2 heterocycles. The van der Waals surface area contributed by atoms with Crippen LogP contribution in [0.25, 0.3) is 0 Å². The first-order valence-corrected chi connectivity index (χ1v) is 6.68. The zero-order chi connectivity index (χ0) is 11.5. The maximum absolute atomic E-state index is 11.7. The van der Waals surface area contributed by atoms with E-state index in [0.717, 1.165) is 30.4 Å². The molecule has 1 aromatic rings. The van der Waals surface area contributed by atoms with E-state index >= 15 is 0 Å². The number of hydrogen-bond acceptors (Lipinski definition) is 3. The average molecular weight is 287 g/mol. The van der Waals surface area contributed by atoms with Gasteiger partial charge in [0.05, 0.1) is 5.69 Å². The standard InChI is InChI=1S/C11H15BrN2O2/c1-2-3-9-5-11(16-13-9)14-7-8(6-12)4-10(14)15/h5,8H,2-4,6-7H2,1H3. The second-order valence-electron chi connectivity index (χ2n) is 4.14. The molecule has 1 amide bonds. The first kappa shape index (κ1) is 11.6. The lowest BCUT2D eigenvalue weighted by molar-refractivity contribution is -0.117. The van der Waals surface area contributed by atoms with E-state index in [0.29, 0.717) is 18.2 Å². The Balaban J connectivity index is 2.09. The Kier molecular flexibility index (Phi) is 3.63. The minimum atomic E-state index is 0.128. The van der Waals surface area contributed by atoms with Gasteiger partial charge in [-0.15, -0.1) is 0 Å². The van der Waals surface area contributed by atoms with Crippen LogP contribution < -0.4 is 4.90 Å². The molecule has 0 aliphatic carbocycles. The molecule has 1 aliphatic heterocycles. The van der Waals surface area contributed by atoms with Crippen LogP contribution in [0.2, 0.25) is 0 Å². The van der Waals surface area contributed by atoms with Gasteiger partial charge in [-0.1, -0.05) is 34.4 Å². The van der Waals surface area contributed by atoms with Crippen LogP contribution in [-0.2, 0) is 11.2 Å². The number of halogens is 1. The third-order valence-corrected chi connectivity index (χ3v) is 3.66. The molecular formula is C11H15BrN2O2. The van der Waals surface area contributed by atoms with Gasteiger partial charge in [-0.05, 0) is 12.3 Å². The van der Waals surface area contributed by atoms with Crippen molar-refractivity contribution in [1.82, 2.24) is 5.16 Å². The Morgan fingerprint density at radius 2 is 2.50 bits per heavy atom. The molecule has 0 aromatic carbocycles. The van der Waals surface area contributed by atoms with E-state index in [2.05, 4.69) is 28.0 Å². The molecule has 0 bridgehead atoms. The molecule has 1 unspecified atom stereocenters. The molecule has 0 saturated carbocycles. The molecule has 1 aromatic heterocycles.